The van der Waals surface area contributed by atoms with Gasteiger partial charge in [-0.3, -0.25) is 4.79 Å². The average molecular weight is 262 g/mol. The van der Waals surface area contributed by atoms with Gasteiger partial charge in [0.05, 0.1) is 5.52 Å². The lowest BCUT2D eigenvalue weighted by molar-refractivity contribution is 0.0691. The van der Waals surface area contributed by atoms with E-state index in [-0.39, 0.29) is 22.3 Å². The molecule has 100 valence electrons. The third-order valence-electron chi connectivity index (χ3n) is 2.94. The minimum absolute atomic E-state index is 0.0915. The molecule has 1 aromatic carbocycles. The Labute approximate surface area is 108 Å². The van der Waals surface area contributed by atoms with Crippen LogP contribution in [-0.4, -0.2) is 27.7 Å². The standard InChI is InChI=1S/C13H14N2O4/c14-5-1-2-7-3-4-8-10(16)6-9(13(18)19)15-11(8)12(7)17/h3-4,6,17H,1-2,5,14H2,(H,15,16)(H,18,19). The van der Waals surface area contributed by atoms with E-state index in [0.717, 1.165) is 6.07 Å². The molecule has 19 heavy (non-hydrogen) atoms. The van der Waals surface area contributed by atoms with Gasteiger partial charge in [0.25, 0.3) is 0 Å². The van der Waals surface area contributed by atoms with Crippen molar-refractivity contribution in [2.75, 3.05) is 6.54 Å². The summed E-state index contributed by atoms with van der Waals surface area (Å²) in [5, 5.41) is 19.3. The number of nitrogens with one attached hydrogen (secondary N) is 1. The Hall–Kier alpha value is -2.34. The van der Waals surface area contributed by atoms with Crippen LogP contribution in [0.1, 0.15) is 22.5 Å². The maximum atomic E-state index is 11.8. The number of hydrogen-bond donors (Lipinski definition) is 4. The van der Waals surface area contributed by atoms with E-state index >= 15 is 0 Å². The maximum absolute atomic E-state index is 11.8. The van der Waals surface area contributed by atoms with Crippen LogP contribution in [0.4, 0.5) is 0 Å². The number of nitrogens with two attached hydrogens (primary N) is 1. The Balaban J connectivity index is 2.66. The average Bonchev–Trinajstić information content (AvgIpc) is 2.38. The molecule has 1 heterocycles. The van der Waals surface area contributed by atoms with Gasteiger partial charge in [-0.25, -0.2) is 4.79 Å². The Morgan fingerprint density at radius 3 is 2.74 bits per heavy atom. The Morgan fingerprint density at radius 2 is 2.11 bits per heavy atom. The van der Waals surface area contributed by atoms with Gasteiger partial charge < -0.3 is 20.9 Å². The van der Waals surface area contributed by atoms with Crippen LogP contribution < -0.4 is 11.2 Å². The number of phenols is 1. The smallest absolute Gasteiger partial charge is 0.352 e. The van der Waals surface area contributed by atoms with Gasteiger partial charge >= 0.3 is 5.97 Å². The van der Waals surface area contributed by atoms with Crippen molar-refractivity contribution in [1.29, 1.82) is 0 Å². The molecule has 0 aliphatic heterocycles. The van der Waals surface area contributed by atoms with Crippen molar-refractivity contribution in [3.63, 3.8) is 0 Å². The molecule has 0 spiro atoms. The van der Waals surface area contributed by atoms with Crippen LogP contribution in [0.3, 0.4) is 0 Å². The summed E-state index contributed by atoms with van der Waals surface area (Å²) < 4.78 is 0. The van der Waals surface area contributed by atoms with Crippen LogP contribution in [0.25, 0.3) is 10.9 Å². The fourth-order valence-corrected chi connectivity index (χ4v) is 1.96. The molecular formula is C13H14N2O4. The predicted molar refractivity (Wildman–Crippen MR) is 70.6 cm³/mol. The molecule has 0 radical (unpaired) electrons. The van der Waals surface area contributed by atoms with Crippen molar-refractivity contribution >= 4 is 16.9 Å². The Kier molecular flexibility index (Phi) is 3.52. The van der Waals surface area contributed by atoms with Crippen molar-refractivity contribution in [1.82, 2.24) is 4.98 Å². The molecule has 0 saturated carbocycles. The third-order valence-corrected chi connectivity index (χ3v) is 2.94. The summed E-state index contributed by atoms with van der Waals surface area (Å²) in [6, 6.07) is 4.23. The van der Waals surface area contributed by atoms with Crippen LogP contribution in [0.15, 0.2) is 23.0 Å². The third kappa shape index (κ3) is 2.43. The first kappa shape index (κ1) is 13.1. The Morgan fingerprint density at radius 1 is 1.37 bits per heavy atom. The van der Waals surface area contributed by atoms with Crippen LogP contribution in [0.2, 0.25) is 0 Å². The lowest BCUT2D eigenvalue weighted by Gasteiger charge is -2.08. The summed E-state index contributed by atoms with van der Waals surface area (Å²) in [5.74, 6) is -1.34. The molecule has 0 unspecified atom stereocenters. The number of rotatable bonds is 4. The highest BCUT2D eigenvalue weighted by Crippen LogP contribution is 2.26. The number of carbonyl (C=O) groups is 1. The van der Waals surface area contributed by atoms with Gasteiger partial charge in [0.1, 0.15) is 11.4 Å². The number of benzene rings is 1. The van der Waals surface area contributed by atoms with E-state index in [2.05, 4.69) is 4.98 Å². The number of carboxylic acid groups (broad SMARTS) is 1. The lowest BCUT2D eigenvalue weighted by atomic mass is 10.0. The van der Waals surface area contributed by atoms with Gasteiger partial charge in [-0.1, -0.05) is 6.07 Å². The van der Waals surface area contributed by atoms with E-state index in [1.165, 1.54) is 0 Å². The summed E-state index contributed by atoms with van der Waals surface area (Å²) in [6.45, 7) is 0.489. The van der Waals surface area contributed by atoms with Gasteiger partial charge in [0.15, 0.2) is 5.43 Å². The highest BCUT2D eigenvalue weighted by Gasteiger charge is 2.12. The summed E-state index contributed by atoms with van der Waals surface area (Å²) in [5.41, 5.74) is 5.51. The minimum Gasteiger partial charge on any atom is -0.505 e. The molecular weight excluding hydrogens is 248 g/mol. The molecule has 6 nitrogen and oxygen atoms in total. The second-order valence-electron chi connectivity index (χ2n) is 4.24. The number of phenolic OH excluding ortho intramolecular Hbond substituents is 1. The summed E-state index contributed by atoms with van der Waals surface area (Å²) in [4.78, 5) is 25.2. The second-order valence-corrected chi connectivity index (χ2v) is 4.24. The summed E-state index contributed by atoms with van der Waals surface area (Å²) in [7, 11) is 0. The first-order chi connectivity index (χ1) is 9.04. The highest BCUT2D eigenvalue weighted by atomic mass is 16.4. The molecule has 0 amide bonds. The summed E-state index contributed by atoms with van der Waals surface area (Å²) in [6.07, 6.45) is 1.26. The molecule has 0 aliphatic carbocycles. The zero-order valence-electron chi connectivity index (χ0n) is 10.1. The number of H-pyrrole nitrogens is 1. The van der Waals surface area contributed by atoms with Crippen molar-refractivity contribution in [3.8, 4) is 5.75 Å². The van der Waals surface area contributed by atoms with E-state index in [9.17, 15) is 14.7 Å². The van der Waals surface area contributed by atoms with Gasteiger partial charge in [-0.05, 0) is 31.0 Å². The zero-order chi connectivity index (χ0) is 14.0. The number of fused-ring (bicyclic) bond motifs is 1. The molecule has 6 heteroatoms. The van der Waals surface area contributed by atoms with E-state index in [0.29, 0.717) is 24.9 Å². The first-order valence-electron chi connectivity index (χ1n) is 5.86. The fraction of sp³-hybridized carbons (Fsp3) is 0.231. The zero-order valence-corrected chi connectivity index (χ0v) is 10.1. The summed E-state index contributed by atoms with van der Waals surface area (Å²) >= 11 is 0. The lowest BCUT2D eigenvalue weighted by Crippen LogP contribution is -2.10. The molecule has 0 fully saturated rings. The number of aromatic hydroxyl groups is 1. The van der Waals surface area contributed by atoms with Crippen LogP contribution in [0, 0.1) is 0 Å². The SMILES string of the molecule is NCCCc1ccc2c(=O)cc(C(=O)O)[nH]c2c1O. The van der Waals surface area contributed by atoms with Gasteiger partial charge in [-0.15, -0.1) is 0 Å². The number of aromatic carboxylic acids is 1. The van der Waals surface area contributed by atoms with E-state index in [1.54, 1.807) is 12.1 Å². The minimum atomic E-state index is -1.24. The fourth-order valence-electron chi connectivity index (χ4n) is 1.96. The number of hydrogen-bond acceptors (Lipinski definition) is 4. The monoisotopic (exact) mass is 262 g/mol. The van der Waals surface area contributed by atoms with Crippen LogP contribution in [-0.2, 0) is 6.42 Å². The number of aromatic nitrogens is 1. The second kappa shape index (κ2) is 5.11. The van der Waals surface area contributed by atoms with E-state index in [4.69, 9.17) is 10.8 Å². The number of carboxylic acids is 1. The normalized spacial score (nSPS) is 10.8. The van der Waals surface area contributed by atoms with Crippen molar-refractivity contribution < 1.29 is 15.0 Å². The molecule has 5 N–H and O–H groups in total. The largest absolute Gasteiger partial charge is 0.505 e. The highest BCUT2D eigenvalue weighted by molar-refractivity contribution is 5.92. The van der Waals surface area contributed by atoms with Crippen LogP contribution in [0.5, 0.6) is 5.75 Å². The number of pyridine rings is 1. The number of aryl methyl sites for hydroxylation is 1. The van der Waals surface area contributed by atoms with Crippen molar-refractivity contribution in [3.05, 3.63) is 39.7 Å². The molecule has 0 bridgehead atoms. The van der Waals surface area contributed by atoms with Gasteiger partial charge in [0.2, 0.25) is 0 Å². The Bertz CT molecular complexity index is 691. The molecule has 1 aromatic heterocycles. The van der Waals surface area contributed by atoms with Gasteiger partial charge in [-0.2, -0.15) is 0 Å². The quantitative estimate of drug-likeness (QED) is 0.651. The van der Waals surface area contributed by atoms with E-state index in [1.807, 2.05) is 0 Å². The molecule has 2 rings (SSSR count). The molecule has 2 aromatic rings. The van der Waals surface area contributed by atoms with Crippen molar-refractivity contribution in [2.45, 2.75) is 12.8 Å². The number of aromatic amines is 1. The topological polar surface area (TPSA) is 116 Å². The van der Waals surface area contributed by atoms with Crippen molar-refractivity contribution in [2.24, 2.45) is 5.73 Å². The van der Waals surface area contributed by atoms with Gasteiger partial charge in [0, 0.05) is 11.5 Å². The maximum Gasteiger partial charge on any atom is 0.352 e. The van der Waals surface area contributed by atoms with Crippen LogP contribution >= 0.6 is 0 Å². The molecule has 0 atom stereocenters. The first-order valence-corrected chi connectivity index (χ1v) is 5.86. The van der Waals surface area contributed by atoms with E-state index < -0.39 is 11.4 Å². The molecule has 0 saturated heterocycles. The molecule has 0 aliphatic rings. The predicted octanol–water partition coefficient (Wildman–Crippen LogP) is 0.823.